The summed E-state index contributed by atoms with van der Waals surface area (Å²) in [5, 5.41) is 0. The van der Waals surface area contributed by atoms with Crippen LogP contribution in [0.5, 0.6) is 0 Å². The van der Waals surface area contributed by atoms with Gasteiger partial charge in [0.05, 0.1) is 0 Å². The summed E-state index contributed by atoms with van der Waals surface area (Å²) in [5.74, 6) is 0.0885. The summed E-state index contributed by atoms with van der Waals surface area (Å²) in [6.45, 7) is 2.00. The first-order chi connectivity index (χ1) is 9.66. The zero-order valence-electron chi connectivity index (χ0n) is 11.8. The van der Waals surface area contributed by atoms with Gasteiger partial charge in [0.1, 0.15) is 5.82 Å². The van der Waals surface area contributed by atoms with Crippen LogP contribution in [0, 0.1) is 12.7 Å². The number of benzene rings is 2. The van der Waals surface area contributed by atoms with E-state index in [1.165, 1.54) is 17.2 Å². The molecule has 0 spiro atoms. The van der Waals surface area contributed by atoms with Crippen LogP contribution in [0.1, 0.15) is 47.1 Å². The molecular formula is C18H20FN. The molecule has 0 aliphatic heterocycles. The molecule has 1 nitrogen and oxygen atoms in total. The number of hydrogen-bond donors (Lipinski definition) is 1. The molecule has 0 bridgehead atoms. The second kappa shape index (κ2) is 5.37. The number of halogens is 1. The monoisotopic (exact) mass is 269 g/mol. The molecule has 1 aliphatic carbocycles. The van der Waals surface area contributed by atoms with E-state index in [-0.39, 0.29) is 11.9 Å². The van der Waals surface area contributed by atoms with Gasteiger partial charge < -0.3 is 5.73 Å². The Morgan fingerprint density at radius 1 is 1.20 bits per heavy atom. The van der Waals surface area contributed by atoms with E-state index in [2.05, 4.69) is 24.3 Å². The molecule has 2 aromatic rings. The molecule has 0 saturated carbocycles. The van der Waals surface area contributed by atoms with E-state index in [1.54, 1.807) is 6.07 Å². The number of fused-ring (bicyclic) bond motifs is 1. The molecule has 0 amide bonds. The van der Waals surface area contributed by atoms with Crippen LogP contribution >= 0.6 is 0 Å². The highest BCUT2D eigenvalue weighted by molar-refractivity contribution is 5.38. The second-order valence-corrected chi connectivity index (χ2v) is 5.72. The Kier molecular flexibility index (Phi) is 3.58. The molecule has 3 rings (SSSR count). The largest absolute Gasteiger partial charge is 0.323 e. The van der Waals surface area contributed by atoms with Gasteiger partial charge in [-0.25, -0.2) is 4.39 Å². The summed E-state index contributed by atoms with van der Waals surface area (Å²) in [6, 6.07) is 13.3. The number of aryl methyl sites for hydroxylation is 2. The molecular weight excluding hydrogens is 249 g/mol. The molecule has 1 aliphatic rings. The predicted octanol–water partition coefficient (Wildman–Crippen LogP) is 4.25. The van der Waals surface area contributed by atoms with Gasteiger partial charge in [0.15, 0.2) is 0 Å². The van der Waals surface area contributed by atoms with E-state index in [4.69, 9.17) is 5.73 Å². The zero-order chi connectivity index (χ0) is 14.1. The highest BCUT2D eigenvalue weighted by atomic mass is 19.1. The molecule has 0 radical (unpaired) electrons. The number of nitrogens with two attached hydrogens (primary N) is 1. The zero-order valence-corrected chi connectivity index (χ0v) is 11.8. The van der Waals surface area contributed by atoms with Crippen molar-refractivity contribution in [3.63, 3.8) is 0 Å². The fourth-order valence-electron chi connectivity index (χ4n) is 3.35. The summed E-state index contributed by atoms with van der Waals surface area (Å²) in [4.78, 5) is 0. The first-order valence-corrected chi connectivity index (χ1v) is 7.26. The van der Waals surface area contributed by atoms with Gasteiger partial charge in [0.25, 0.3) is 0 Å². The van der Waals surface area contributed by atoms with Crippen LogP contribution < -0.4 is 5.73 Å². The Labute approximate surface area is 119 Å². The summed E-state index contributed by atoms with van der Waals surface area (Å²) in [7, 11) is 0. The summed E-state index contributed by atoms with van der Waals surface area (Å²) in [6.07, 6.45) is 3.36. The Morgan fingerprint density at radius 3 is 2.85 bits per heavy atom. The Balaban J connectivity index is 1.99. The highest BCUT2D eigenvalue weighted by Crippen LogP contribution is 2.39. The lowest BCUT2D eigenvalue weighted by Gasteiger charge is -2.31. The van der Waals surface area contributed by atoms with Gasteiger partial charge in [-0.1, -0.05) is 30.3 Å². The van der Waals surface area contributed by atoms with Crippen molar-refractivity contribution in [2.45, 2.75) is 38.1 Å². The maximum Gasteiger partial charge on any atom is 0.123 e. The van der Waals surface area contributed by atoms with Gasteiger partial charge in [-0.05, 0) is 60.6 Å². The standard InChI is InChI=1S/C18H20FN/c1-12-9-10-14(19)11-17(12)18(20)16-8-4-6-13-5-2-3-7-15(13)16/h2-3,5,7,9-11,16,18H,4,6,8,20H2,1H3. The summed E-state index contributed by atoms with van der Waals surface area (Å²) in [5.41, 5.74) is 11.2. The van der Waals surface area contributed by atoms with E-state index in [0.717, 1.165) is 30.4 Å². The van der Waals surface area contributed by atoms with Crippen molar-refractivity contribution in [1.29, 1.82) is 0 Å². The molecule has 20 heavy (non-hydrogen) atoms. The third kappa shape index (κ3) is 2.36. The Hall–Kier alpha value is -1.67. The second-order valence-electron chi connectivity index (χ2n) is 5.72. The van der Waals surface area contributed by atoms with Gasteiger partial charge in [-0.15, -0.1) is 0 Å². The quantitative estimate of drug-likeness (QED) is 0.866. The minimum Gasteiger partial charge on any atom is -0.323 e. The summed E-state index contributed by atoms with van der Waals surface area (Å²) < 4.78 is 13.5. The molecule has 2 N–H and O–H groups in total. The van der Waals surface area contributed by atoms with Crippen LogP contribution in [0.25, 0.3) is 0 Å². The average molecular weight is 269 g/mol. The predicted molar refractivity (Wildman–Crippen MR) is 80.2 cm³/mol. The van der Waals surface area contributed by atoms with E-state index in [1.807, 2.05) is 13.0 Å². The van der Waals surface area contributed by atoms with Crippen molar-refractivity contribution >= 4 is 0 Å². The molecule has 0 heterocycles. The topological polar surface area (TPSA) is 26.0 Å². The van der Waals surface area contributed by atoms with Crippen LogP contribution in [0.15, 0.2) is 42.5 Å². The van der Waals surface area contributed by atoms with Gasteiger partial charge in [-0.3, -0.25) is 0 Å². The molecule has 2 heteroatoms. The maximum absolute atomic E-state index is 13.5. The maximum atomic E-state index is 13.5. The van der Waals surface area contributed by atoms with Crippen molar-refractivity contribution < 1.29 is 4.39 Å². The number of rotatable bonds is 2. The third-order valence-corrected chi connectivity index (χ3v) is 4.45. The molecule has 2 unspecified atom stereocenters. The van der Waals surface area contributed by atoms with Crippen LogP contribution in [-0.4, -0.2) is 0 Å². The normalized spacial score (nSPS) is 19.4. The van der Waals surface area contributed by atoms with E-state index < -0.39 is 0 Å². The fraction of sp³-hybridized carbons (Fsp3) is 0.333. The van der Waals surface area contributed by atoms with Crippen molar-refractivity contribution in [2.75, 3.05) is 0 Å². The van der Waals surface area contributed by atoms with Gasteiger partial charge in [0.2, 0.25) is 0 Å². The lowest BCUT2D eigenvalue weighted by molar-refractivity contribution is 0.471. The van der Waals surface area contributed by atoms with E-state index in [9.17, 15) is 4.39 Å². The Bertz CT molecular complexity index is 621. The van der Waals surface area contributed by atoms with Crippen LogP contribution in [-0.2, 0) is 6.42 Å². The van der Waals surface area contributed by atoms with Gasteiger partial charge in [-0.2, -0.15) is 0 Å². The Morgan fingerprint density at radius 2 is 2.00 bits per heavy atom. The van der Waals surface area contributed by atoms with Crippen LogP contribution in [0.3, 0.4) is 0 Å². The van der Waals surface area contributed by atoms with Crippen molar-refractivity contribution in [3.05, 3.63) is 70.5 Å². The smallest absolute Gasteiger partial charge is 0.123 e. The third-order valence-electron chi connectivity index (χ3n) is 4.45. The van der Waals surface area contributed by atoms with E-state index in [0.29, 0.717) is 5.92 Å². The lowest BCUT2D eigenvalue weighted by atomic mass is 9.76. The molecule has 2 atom stereocenters. The fourth-order valence-corrected chi connectivity index (χ4v) is 3.35. The molecule has 0 saturated heterocycles. The van der Waals surface area contributed by atoms with Crippen molar-refractivity contribution in [1.82, 2.24) is 0 Å². The minimum absolute atomic E-state index is 0.132. The first-order valence-electron chi connectivity index (χ1n) is 7.26. The molecule has 104 valence electrons. The molecule has 0 aromatic heterocycles. The molecule has 2 aromatic carbocycles. The van der Waals surface area contributed by atoms with Crippen molar-refractivity contribution in [2.24, 2.45) is 5.73 Å². The summed E-state index contributed by atoms with van der Waals surface area (Å²) >= 11 is 0. The average Bonchev–Trinajstić information content (AvgIpc) is 2.48. The SMILES string of the molecule is Cc1ccc(F)cc1C(N)C1CCCc2ccccc21. The minimum atomic E-state index is -0.204. The molecule has 0 fully saturated rings. The lowest BCUT2D eigenvalue weighted by Crippen LogP contribution is -2.24. The van der Waals surface area contributed by atoms with Crippen molar-refractivity contribution in [3.8, 4) is 0 Å². The van der Waals surface area contributed by atoms with Gasteiger partial charge >= 0.3 is 0 Å². The van der Waals surface area contributed by atoms with E-state index >= 15 is 0 Å². The highest BCUT2D eigenvalue weighted by Gasteiger charge is 2.27. The first kappa shape index (κ1) is 13.3. The van der Waals surface area contributed by atoms with Crippen LogP contribution in [0.2, 0.25) is 0 Å². The van der Waals surface area contributed by atoms with Gasteiger partial charge in [0, 0.05) is 12.0 Å². The van der Waals surface area contributed by atoms with Crippen LogP contribution in [0.4, 0.5) is 4.39 Å². The number of hydrogen-bond acceptors (Lipinski definition) is 1.